The molecule has 0 aromatic heterocycles. The fraction of sp³-hybridized carbons (Fsp3) is 0.909. The molecule has 1 aliphatic carbocycles. The molecule has 3 heteroatoms. The molecule has 2 nitrogen and oxygen atoms in total. The van der Waals surface area contributed by atoms with Crippen molar-refractivity contribution in [1.29, 1.82) is 0 Å². The van der Waals surface area contributed by atoms with Crippen molar-refractivity contribution < 1.29 is 4.74 Å². The van der Waals surface area contributed by atoms with Crippen LogP contribution in [0.25, 0.3) is 0 Å². The van der Waals surface area contributed by atoms with E-state index in [1.54, 1.807) is 0 Å². The standard InChI is InChI=1S/C11H19NOS/c1-11(2,3)12-10-13-8-6-4-5-7-9(8)14-10/h8-9H,4-7H2,1-3H3. The lowest BCUT2D eigenvalue weighted by atomic mass is 9.97. The molecule has 2 aliphatic rings. The Hall–Kier alpha value is -0.180. The minimum absolute atomic E-state index is 0.00414. The van der Waals surface area contributed by atoms with Gasteiger partial charge in [-0.1, -0.05) is 18.2 Å². The maximum absolute atomic E-state index is 5.85. The van der Waals surface area contributed by atoms with Gasteiger partial charge in [0, 0.05) is 0 Å². The van der Waals surface area contributed by atoms with Crippen molar-refractivity contribution in [1.82, 2.24) is 0 Å². The van der Waals surface area contributed by atoms with E-state index in [0.29, 0.717) is 11.4 Å². The van der Waals surface area contributed by atoms with Gasteiger partial charge >= 0.3 is 0 Å². The Labute approximate surface area is 90.5 Å². The minimum Gasteiger partial charge on any atom is -0.469 e. The molecular weight excluding hydrogens is 194 g/mol. The molecule has 0 amide bonds. The van der Waals surface area contributed by atoms with Crippen molar-refractivity contribution in [2.75, 3.05) is 0 Å². The van der Waals surface area contributed by atoms with Crippen LogP contribution in [0.15, 0.2) is 4.99 Å². The summed E-state index contributed by atoms with van der Waals surface area (Å²) in [6.45, 7) is 6.35. The summed E-state index contributed by atoms with van der Waals surface area (Å²) in [5.41, 5.74) is -0.00414. The molecule has 1 aliphatic heterocycles. The zero-order valence-corrected chi connectivity index (χ0v) is 10.1. The van der Waals surface area contributed by atoms with E-state index in [9.17, 15) is 0 Å². The van der Waals surface area contributed by atoms with Crippen molar-refractivity contribution in [3.8, 4) is 0 Å². The number of hydrogen-bond acceptors (Lipinski definition) is 3. The smallest absolute Gasteiger partial charge is 0.247 e. The summed E-state index contributed by atoms with van der Waals surface area (Å²) in [6, 6.07) is 0. The van der Waals surface area contributed by atoms with Crippen LogP contribution in [-0.4, -0.2) is 22.1 Å². The molecule has 1 saturated heterocycles. The first-order valence-electron chi connectivity index (χ1n) is 5.48. The lowest BCUT2D eigenvalue weighted by Crippen LogP contribution is -2.23. The normalized spacial score (nSPS) is 35.5. The average molecular weight is 213 g/mol. The maximum Gasteiger partial charge on any atom is 0.247 e. The second kappa shape index (κ2) is 3.76. The van der Waals surface area contributed by atoms with Crippen LogP contribution in [0.1, 0.15) is 46.5 Å². The van der Waals surface area contributed by atoms with Gasteiger partial charge in [0.25, 0.3) is 0 Å². The molecule has 0 aromatic rings. The highest BCUT2D eigenvalue weighted by molar-refractivity contribution is 8.14. The summed E-state index contributed by atoms with van der Waals surface area (Å²) in [4.78, 5) is 4.59. The lowest BCUT2D eigenvalue weighted by Gasteiger charge is -2.21. The summed E-state index contributed by atoms with van der Waals surface area (Å²) in [6.07, 6.45) is 5.67. The van der Waals surface area contributed by atoms with Gasteiger partial charge in [-0.15, -0.1) is 0 Å². The van der Waals surface area contributed by atoms with Gasteiger partial charge in [0.1, 0.15) is 6.10 Å². The average Bonchev–Trinajstić information content (AvgIpc) is 2.42. The van der Waals surface area contributed by atoms with Gasteiger partial charge in [0.05, 0.1) is 10.8 Å². The molecule has 0 spiro atoms. The van der Waals surface area contributed by atoms with E-state index in [1.165, 1.54) is 25.7 Å². The Morgan fingerprint density at radius 3 is 2.64 bits per heavy atom. The molecule has 2 fully saturated rings. The number of aliphatic imine (C=N–C) groups is 1. The van der Waals surface area contributed by atoms with E-state index in [2.05, 4.69) is 25.8 Å². The van der Waals surface area contributed by atoms with Crippen LogP contribution >= 0.6 is 11.8 Å². The minimum atomic E-state index is -0.00414. The highest BCUT2D eigenvalue weighted by atomic mass is 32.2. The largest absolute Gasteiger partial charge is 0.469 e. The van der Waals surface area contributed by atoms with Gasteiger partial charge in [-0.25, -0.2) is 4.99 Å². The SMILES string of the molecule is CC(C)(C)N=C1OC2CCCCC2S1. The molecule has 0 aromatic carbocycles. The number of fused-ring (bicyclic) bond motifs is 1. The third-order valence-electron chi connectivity index (χ3n) is 2.57. The summed E-state index contributed by atoms with van der Waals surface area (Å²) >= 11 is 1.85. The second-order valence-electron chi connectivity index (χ2n) is 5.15. The first-order valence-corrected chi connectivity index (χ1v) is 6.36. The highest BCUT2D eigenvalue weighted by Crippen LogP contribution is 2.38. The third-order valence-corrected chi connectivity index (χ3v) is 3.80. The first-order chi connectivity index (χ1) is 6.54. The van der Waals surface area contributed by atoms with Crippen LogP contribution < -0.4 is 0 Å². The van der Waals surface area contributed by atoms with E-state index in [1.807, 2.05) is 11.8 Å². The van der Waals surface area contributed by atoms with Crippen LogP contribution in [-0.2, 0) is 4.74 Å². The predicted molar refractivity (Wildman–Crippen MR) is 61.9 cm³/mol. The Balaban J connectivity index is 2.02. The van der Waals surface area contributed by atoms with Gasteiger partial charge < -0.3 is 4.74 Å². The van der Waals surface area contributed by atoms with Gasteiger partial charge in [-0.3, -0.25) is 0 Å². The third kappa shape index (κ3) is 2.44. The Morgan fingerprint density at radius 2 is 2.00 bits per heavy atom. The van der Waals surface area contributed by atoms with Crippen LogP contribution in [0.5, 0.6) is 0 Å². The van der Waals surface area contributed by atoms with Crippen LogP contribution in [0.3, 0.4) is 0 Å². The Morgan fingerprint density at radius 1 is 1.29 bits per heavy atom. The fourth-order valence-electron chi connectivity index (χ4n) is 1.95. The van der Waals surface area contributed by atoms with Gasteiger partial charge in [0.2, 0.25) is 5.23 Å². The van der Waals surface area contributed by atoms with Gasteiger partial charge in [0.15, 0.2) is 0 Å². The molecule has 2 atom stereocenters. The van der Waals surface area contributed by atoms with E-state index < -0.39 is 0 Å². The predicted octanol–water partition coefficient (Wildman–Crippen LogP) is 3.22. The zero-order chi connectivity index (χ0) is 10.2. The van der Waals surface area contributed by atoms with Crippen molar-refractivity contribution in [3.05, 3.63) is 0 Å². The topological polar surface area (TPSA) is 21.6 Å². The number of thioether (sulfide) groups is 1. The number of ether oxygens (including phenoxy) is 1. The molecule has 2 rings (SSSR count). The zero-order valence-electron chi connectivity index (χ0n) is 9.25. The number of nitrogens with zero attached hydrogens (tertiary/aromatic N) is 1. The second-order valence-corrected chi connectivity index (χ2v) is 6.34. The maximum atomic E-state index is 5.85. The molecule has 80 valence electrons. The summed E-state index contributed by atoms with van der Waals surface area (Å²) in [5, 5.41) is 1.61. The van der Waals surface area contributed by atoms with E-state index in [4.69, 9.17) is 4.74 Å². The van der Waals surface area contributed by atoms with Crippen molar-refractivity contribution in [3.63, 3.8) is 0 Å². The van der Waals surface area contributed by atoms with Crippen LogP contribution in [0.4, 0.5) is 0 Å². The summed E-state index contributed by atoms with van der Waals surface area (Å²) in [7, 11) is 0. The van der Waals surface area contributed by atoms with Crippen molar-refractivity contribution in [2.24, 2.45) is 4.99 Å². The molecule has 2 unspecified atom stereocenters. The lowest BCUT2D eigenvalue weighted by molar-refractivity contribution is 0.165. The molecule has 1 heterocycles. The molecule has 14 heavy (non-hydrogen) atoms. The molecule has 0 bridgehead atoms. The quantitative estimate of drug-likeness (QED) is 0.616. The molecule has 0 N–H and O–H groups in total. The van der Waals surface area contributed by atoms with E-state index in [0.717, 1.165) is 5.23 Å². The Kier molecular flexibility index (Phi) is 2.78. The summed E-state index contributed by atoms with van der Waals surface area (Å²) < 4.78 is 5.85. The molecule has 0 radical (unpaired) electrons. The number of rotatable bonds is 0. The Bertz CT molecular complexity index is 228. The molecule has 1 saturated carbocycles. The van der Waals surface area contributed by atoms with Gasteiger partial charge in [-0.2, -0.15) is 0 Å². The van der Waals surface area contributed by atoms with Crippen LogP contribution in [0, 0.1) is 0 Å². The van der Waals surface area contributed by atoms with Crippen LogP contribution in [0.2, 0.25) is 0 Å². The number of hydrogen-bond donors (Lipinski definition) is 0. The summed E-state index contributed by atoms with van der Waals surface area (Å²) in [5.74, 6) is 0. The fourth-order valence-corrected chi connectivity index (χ4v) is 3.34. The monoisotopic (exact) mass is 213 g/mol. The van der Waals surface area contributed by atoms with E-state index in [-0.39, 0.29) is 5.54 Å². The van der Waals surface area contributed by atoms with Gasteiger partial charge in [-0.05, 0) is 40.0 Å². The highest BCUT2D eigenvalue weighted by Gasteiger charge is 2.36. The first kappa shape index (κ1) is 10.3. The van der Waals surface area contributed by atoms with E-state index >= 15 is 0 Å². The van der Waals surface area contributed by atoms with Crippen molar-refractivity contribution >= 4 is 17.0 Å². The van der Waals surface area contributed by atoms with Crippen molar-refractivity contribution in [2.45, 2.75) is 63.3 Å². The molecular formula is C11H19NOS.